The molecule has 2 aliphatic heterocycles. The van der Waals surface area contributed by atoms with E-state index >= 15 is 0 Å². The minimum atomic E-state index is -1.45. The fourth-order valence-corrected chi connectivity index (χ4v) is 4.09. The SMILES string of the molecule is N#CC1CNc2cc(Cc3cc([C@@H]4O[C@H](CO)[C@@H](O)[C@H](O)[C@H]4O)ccc3Cl)ccc2O1. The monoisotopic (exact) mass is 446 g/mol. The number of hydrogen-bond donors (Lipinski definition) is 5. The standard InChI is InChI=1S/C22H23ClN2O6/c23-15-3-2-12(22-21(29)20(28)19(27)18(10-26)31-22)7-13(15)5-11-1-4-17-16(6-11)25-9-14(8-24)30-17/h1-4,6-7,14,18-22,25-29H,5,9-10H2/t14?,18-,19-,20+,21-,22+/m1/s1. The van der Waals surface area contributed by atoms with Crippen LogP contribution in [-0.4, -0.2) is 64.1 Å². The predicted molar refractivity (Wildman–Crippen MR) is 112 cm³/mol. The third-order valence-electron chi connectivity index (χ3n) is 5.62. The summed E-state index contributed by atoms with van der Waals surface area (Å²) in [6, 6.07) is 12.8. The van der Waals surface area contributed by atoms with Crippen LogP contribution in [-0.2, 0) is 11.2 Å². The molecule has 8 nitrogen and oxygen atoms in total. The predicted octanol–water partition coefficient (Wildman–Crippen LogP) is 1.14. The summed E-state index contributed by atoms with van der Waals surface area (Å²) < 4.78 is 11.3. The van der Waals surface area contributed by atoms with Crippen LogP contribution >= 0.6 is 11.6 Å². The van der Waals surface area contributed by atoms with E-state index in [0.29, 0.717) is 29.3 Å². The van der Waals surface area contributed by atoms with Gasteiger partial charge in [-0.15, -0.1) is 0 Å². The van der Waals surface area contributed by atoms with Crippen LogP contribution in [0.15, 0.2) is 36.4 Å². The number of aliphatic hydroxyl groups excluding tert-OH is 4. The summed E-state index contributed by atoms with van der Waals surface area (Å²) in [6.07, 6.45) is -6.15. The Morgan fingerprint density at radius 3 is 2.65 bits per heavy atom. The van der Waals surface area contributed by atoms with Gasteiger partial charge in [-0.05, 0) is 41.3 Å². The van der Waals surface area contributed by atoms with Gasteiger partial charge in [-0.2, -0.15) is 5.26 Å². The number of nitrogens with one attached hydrogen (secondary N) is 1. The largest absolute Gasteiger partial charge is 0.472 e. The Morgan fingerprint density at radius 2 is 1.90 bits per heavy atom. The van der Waals surface area contributed by atoms with E-state index in [1.54, 1.807) is 24.3 Å². The quantitative estimate of drug-likeness (QED) is 0.472. The lowest BCUT2D eigenvalue weighted by atomic mass is 9.90. The van der Waals surface area contributed by atoms with Crippen LogP contribution in [0.5, 0.6) is 5.75 Å². The Labute approximate surface area is 184 Å². The molecule has 0 aromatic heterocycles. The maximum Gasteiger partial charge on any atom is 0.201 e. The van der Waals surface area contributed by atoms with Gasteiger partial charge in [0.25, 0.3) is 0 Å². The molecule has 1 unspecified atom stereocenters. The van der Waals surface area contributed by atoms with Crippen molar-refractivity contribution in [3.63, 3.8) is 0 Å². The van der Waals surface area contributed by atoms with Gasteiger partial charge in [-0.1, -0.05) is 29.8 Å². The summed E-state index contributed by atoms with van der Waals surface area (Å²) in [5, 5.41) is 52.6. The van der Waals surface area contributed by atoms with Crippen molar-refractivity contribution in [2.24, 2.45) is 0 Å². The molecule has 0 radical (unpaired) electrons. The molecule has 0 amide bonds. The second kappa shape index (κ2) is 9.01. The highest BCUT2D eigenvalue weighted by Crippen LogP contribution is 2.35. The Balaban J connectivity index is 1.57. The van der Waals surface area contributed by atoms with Crippen molar-refractivity contribution in [2.45, 2.75) is 43.0 Å². The summed E-state index contributed by atoms with van der Waals surface area (Å²) in [6.45, 7) is -0.0843. The summed E-state index contributed by atoms with van der Waals surface area (Å²) in [7, 11) is 0. The van der Waals surface area contributed by atoms with Crippen molar-refractivity contribution in [3.05, 3.63) is 58.1 Å². The third kappa shape index (κ3) is 4.34. The maximum atomic E-state index is 10.4. The molecule has 31 heavy (non-hydrogen) atoms. The minimum absolute atomic E-state index is 0.403. The molecule has 0 saturated carbocycles. The average Bonchev–Trinajstić information content (AvgIpc) is 2.79. The molecule has 4 rings (SSSR count). The Morgan fingerprint density at radius 1 is 1.10 bits per heavy atom. The summed E-state index contributed by atoms with van der Waals surface area (Å²) in [4.78, 5) is 0. The van der Waals surface area contributed by atoms with E-state index in [-0.39, 0.29) is 0 Å². The van der Waals surface area contributed by atoms with Crippen molar-refractivity contribution in [3.8, 4) is 11.8 Å². The Kier molecular flexibility index (Phi) is 6.34. The summed E-state index contributed by atoms with van der Waals surface area (Å²) in [5.74, 6) is 0.614. The molecule has 1 saturated heterocycles. The number of hydrogen-bond acceptors (Lipinski definition) is 8. The van der Waals surface area contributed by atoms with E-state index in [1.807, 2.05) is 12.1 Å². The number of aliphatic hydroxyl groups is 4. The Hall–Kier alpha value is -2.38. The van der Waals surface area contributed by atoms with Gasteiger partial charge in [0.2, 0.25) is 6.10 Å². The highest BCUT2D eigenvalue weighted by Gasteiger charge is 2.44. The van der Waals surface area contributed by atoms with Gasteiger partial charge in [-0.25, -0.2) is 0 Å². The van der Waals surface area contributed by atoms with Gasteiger partial charge < -0.3 is 35.2 Å². The number of ether oxygens (including phenoxy) is 2. The maximum absolute atomic E-state index is 10.4. The van der Waals surface area contributed by atoms with Crippen LogP contribution in [0, 0.1) is 11.3 Å². The van der Waals surface area contributed by atoms with Gasteiger partial charge in [0, 0.05) is 5.02 Å². The lowest BCUT2D eigenvalue weighted by molar-refractivity contribution is -0.231. The number of nitriles is 1. The van der Waals surface area contributed by atoms with E-state index in [2.05, 4.69) is 11.4 Å². The zero-order chi connectivity index (χ0) is 22.1. The van der Waals surface area contributed by atoms with Crippen LogP contribution < -0.4 is 10.1 Å². The van der Waals surface area contributed by atoms with E-state index in [9.17, 15) is 20.4 Å². The topological polar surface area (TPSA) is 135 Å². The highest BCUT2D eigenvalue weighted by atomic mass is 35.5. The summed E-state index contributed by atoms with van der Waals surface area (Å²) >= 11 is 6.40. The number of rotatable bonds is 4. The summed E-state index contributed by atoms with van der Waals surface area (Å²) in [5.41, 5.74) is 3.11. The lowest BCUT2D eigenvalue weighted by Crippen LogP contribution is -2.55. The zero-order valence-corrected chi connectivity index (χ0v) is 17.2. The second-order valence-corrected chi connectivity index (χ2v) is 8.13. The fourth-order valence-electron chi connectivity index (χ4n) is 3.90. The average molecular weight is 447 g/mol. The molecular formula is C22H23ClN2O6. The first kappa shape index (κ1) is 21.8. The highest BCUT2D eigenvalue weighted by molar-refractivity contribution is 6.31. The van der Waals surface area contributed by atoms with E-state index in [1.165, 1.54) is 0 Å². The first-order chi connectivity index (χ1) is 14.9. The van der Waals surface area contributed by atoms with Crippen LogP contribution in [0.3, 0.4) is 0 Å². The molecular weight excluding hydrogens is 424 g/mol. The van der Waals surface area contributed by atoms with Crippen LogP contribution in [0.4, 0.5) is 5.69 Å². The number of fused-ring (bicyclic) bond motifs is 1. The van der Waals surface area contributed by atoms with Crippen molar-refractivity contribution < 1.29 is 29.9 Å². The molecule has 1 fully saturated rings. The number of halogens is 1. The molecule has 5 N–H and O–H groups in total. The van der Waals surface area contributed by atoms with Gasteiger partial charge in [0.05, 0.1) is 18.8 Å². The molecule has 2 aromatic carbocycles. The molecule has 164 valence electrons. The van der Waals surface area contributed by atoms with Crippen molar-refractivity contribution in [1.29, 1.82) is 5.26 Å². The molecule has 9 heteroatoms. The molecule has 0 bridgehead atoms. The van der Waals surface area contributed by atoms with Gasteiger partial charge in [0.1, 0.15) is 42.3 Å². The molecule has 0 spiro atoms. The van der Waals surface area contributed by atoms with Gasteiger partial charge >= 0.3 is 0 Å². The molecule has 0 aliphatic carbocycles. The van der Waals surface area contributed by atoms with Gasteiger partial charge in [-0.3, -0.25) is 0 Å². The first-order valence-corrected chi connectivity index (χ1v) is 10.3. The molecule has 2 heterocycles. The van der Waals surface area contributed by atoms with Gasteiger partial charge in [0.15, 0.2) is 0 Å². The Bertz CT molecular complexity index is 994. The fraction of sp³-hybridized carbons (Fsp3) is 0.409. The number of anilines is 1. The number of benzene rings is 2. The van der Waals surface area contributed by atoms with Crippen LogP contribution in [0.1, 0.15) is 22.8 Å². The minimum Gasteiger partial charge on any atom is -0.472 e. The molecule has 2 aromatic rings. The van der Waals surface area contributed by atoms with Crippen molar-refractivity contribution in [2.75, 3.05) is 18.5 Å². The van der Waals surface area contributed by atoms with Crippen LogP contribution in [0.2, 0.25) is 5.02 Å². The lowest BCUT2D eigenvalue weighted by Gasteiger charge is -2.40. The molecule has 6 atom stereocenters. The number of nitrogens with zero attached hydrogens (tertiary/aromatic N) is 1. The van der Waals surface area contributed by atoms with Crippen molar-refractivity contribution >= 4 is 17.3 Å². The van der Waals surface area contributed by atoms with E-state index < -0.39 is 43.2 Å². The second-order valence-electron chi connectivity index (χ2n) is 7.72. The third-order valence-corrected chi connectivity index (χ3v) is 5.99. The normalized spacial score (nSPS) is 29.9. The van der Waals surface area contributed by atoms with E-state index in [0.717, 1.165) is 16.8 Å². The zero-order valence-electron chi connectivity index (χ0n) is 16.5. The molecule has 2 aliphatic rings. The van der Waals surface area contributed by atoms with Crippen molar-refractivity contribution in [1.82, 2.24) is 0 Å². The van der Waals surface area contributed by atoms with E-state index in [4.69, 9.17) is 26.3 Å². The smallest absolute Gasteiger partial charge is 0.201 e. The first-order valence-electron chi connectivity index (χ1n) is 9.93. The van der Waals surface area contributed by atoms with Crippen LogP contribution in [0.25, 0.3) is 0 Å².